The predicted octanol–water partition coefficient (Wildman–Crippen LogP) is 4.43. The number of hydrogen-bond donors (Lipinski definition) is 0. The van der Waals surface area contributed by atoms with Crippen molar-refractivity contribution in [3.8, 4) is 0 Å². The molecule has 0 N–H and O–H groups in total. The average Bonchev–Trinajstić information content (AvgIpc) is 3.27. The van der Waals surface area contributed by atoms with Gasteiger partial charge in [-0.25, -0.2) is 0 Å². The molecule has 1 unspecified atom stereocenters. The smallest absolute Gasteiger partial charge is 0.305 e. The summed E-state index contributed by atoms with van der Waals surface area (Å²) in [6, 6.07) is 0. The molecule has 0 spiro atoms. The molecule has 38 heavy (non-hydrogen) atoms. The van der Waals surface area contributed by atoms with Crippen LogP contribution in [-0.2, 0) is 38.1 Å². The molecule has 0 amide bonds. The van der Waals surface area contributed by atoms with Gasteiger partial charge in [-0.1, -0.05) is 20.8 Å². The Morgan fingerprint density at radius 3 is 2.42 bits per heavy atom. The average molecular weight is 537 g/mol. The third-order valence-corrected chi connectivity index (χ3v) is 11.4. The fraction of sp³-hybridized carbons (Fsp3) is 0.900. The van der Waals surface area contributed by atoms with Crippen molar-refractivity contribution in [3.63, 3.8) is 0 Å². The Hall–Kier alpha value is -1.35. The van der Waals surface area contributed by atoms with Crippen LogP contribution in [0.15, 0.2) is 0 Å². The molecule has 0 saturated heterocycles. The Kier molecular flexibility index (Phi) is 9.38. The van der Waals surface area contributed by atoms with Crippen molar-refractivity contribution < 1.29 is 38.1 Å². The summed E-state index contributed by atoms with van der Waals surface area (Å²) in [7, 11) is 4.75. The highest BCUT2D eigenvalue weighted by Crippen LogP contribution is 2.69. The van der Waals surface area contributed by atoms with E-state index < -0.39 is 5.92 Å². The summed E-state index contributed by atoms with van der Waals surface area (Å²) in [5.41, 5.74) is -0.247. The molecule has 0 radical (unpaired) electrons. The van der Waals surface area contributed by atoms with E-state index in [-0.39, 0.29) is 66.1 Å². The van der Waals surface area contributed by atoms with Gasteiger partial charge in [-0.05, 0) is 79.4 Å². The van der Waals surface area contributed by atoms with Crippen LogP contribution in [0.1, 0.15) is 72.1 Å². The summed E-state index contributed by atoms with van der Waals surface area (Å²) in [5.74, 6) is 1.21. The molecule has 0 aromatic heterocycles. The zero-order valence-electron chi connectivity index (χ0n) is 24.1. The first-order valence-electron chi connectivity index (χ1n) is 14.4. The first-order valence-corrected chi connectivity index (χ1v) is 14.4. The largest absolute Gasteiger partial charge is 0.469 e. The fourth-order valence-corrected chi connectivity index (χ4v) is 9.52. The number of carbonyl (C=O) groups is 3. The molecule has 216 valence electrons. The Morgan fingerprint density at radius 1 is 1.05 bits per heavy atom. The van der Waals surface area contributed by atoms with Crippen LogP contribution in [0.4, 0.5) is 0 Å². The predicted molar refractivity (Wildman–Crippen MR) is 140 cm³/mol. The first kappa shape index (κ1) is 29.6. The van der Waals surface area contributed by atoms with Gasteiger partial charge in [0, 0.05) is 32.5 Å². The van der Waals surface area contributed by atoms with Gasteiger partial charge in [0.1, 0.15) is 25.7 Å². The molecule has 4 saturated carbocycles. The van der Waals surface area contributed by atoms with E-state index in [1.165, 1.54) is 7.11 Å². The first-order chi connectivity index (χ1) is 18.1. The van der Waals surface area contributed by atoms with Gasteiger partial charge in [0.15, 0.2) is 0 Å². The van der Waals surface area contributed by atoms with Gasteiger partial charge in [0.05, 0.1) is 25.2 Å². The fourth-order valence-electron chi connectivity index (χ4n) is 9.52. The van der Waals surface area contributed by atoms with Gasteiger partial charge in [0.25, 0.3) is 0 Å². The standard InChI is InChI=1S/C30H48O8/c1-18(7-10-27(33)36-6)21-8-9-22-28-23(13-26(30(21,22)3)38-17-35-5)29(2)14-19(15-31)24(32)11-20(29)12-25(28)37-16-34-4/h15,18-23,25-26,28H,7-14,16-17H2,1-6H3/t18-,19?,20+,21-,22+,23+,25-,26+,28+,29+,30-/m1/s1. The lowest BCUT2D eigenvalue weighted by Crippen LogP contribution is -2.63. The number of aldehydes is 1. The second-order valence-corrected chi connectivity index (χ2v) is 12.9. The number of carbonyl (C=O) groups excluding carboxylic acids is 3. The minimum absolute atomic E-state index is 0.00423. The second kappa shape index (κ2) is 12.0. The number of hydrogen-bond acceptors (Lipinski definition) is 8. The molecule has 4 fully saturated rings. The summed E-state index contributed by atoms with van der Waals surface area (Å²) in [4.78, 5) is 36.7. The van der Waals surface area contributed by atoms with Gasteiger partial charge < -0.3 is 28.5 Å². The van der Waals surface area contributed by atoms with Gasteiger partial charge in [-0.15, -0.1) is 0 Å². The number of methoxy groups -OCH3 is 3. The monoisotopic (exact) mass is 536 g/mol. The molecule has 0 heterocycles. The summed E-state index contributed by atoms with van der Waals surface area (Å²) in [6.45, 7) is 7.42. The van der Waals surface area contributed by atoms with E-state index in [2.05, 4.69) is 20.8 Å². The molecule has 8 nitrogen and oxygen atoms in total. The number of rotatable bonds is 11. The van der Waals surface area contributed by atoms with E-state index in [0.29, 0.717) is 37.0 Å². The van der Waals surface area contributed by atoms with E-state index in [1.807, 2.05) is 0 Å². The van der Waals surface area contributed by atoms with Crippen molar-refractivity contribution in [3.05, 3.63) is 0 Å². The third kappa shape index (κ3) is 5.11. The zero-order valence-corrected chi connectivity index (χ0v) is 24.1. The molecule has 4 rings (SSSR count). The number of esters is 1. The quantitative estimate of drug-likeness (QED) is 0.166. The van der Waals surface area contributed by atoms with Crippen molar-refractivity contribution in [2.24, 2.45) is 52.3 Å². The molecule has 0 aliphatic heterocycles. The minimum Gasteiger partial charge on any atom is -0.469 e. The molecule has 11 atom stereocenters. The lowest BCUT2D eigenvalue weighted by atomic mass is 9.42. The SMILES string of the molecule is COCO[C@H]1C[C@H]2[C@@H]([C@H](OCOC)C[C@@H]3CC(=O)C(C=O)C[C@@]32C)[C@@H]2CC[C@H]([C@H](C)CCC(=O)OC)[C@@]12C. The van der Waals surface area contributed by atoms with E-state index in [9.17, 15) is 14.4 Å². The maximum absolute atomic E-state index is 12.8. The molecular weight excluding hydrogens is 488 g/mol. The Bertz CT molecular complexity index is 861. The van der Waals surface area contributed by atoms with Crippen LogP contribution in [0.25, 0.3) is 0 Å². The van der Waals surface area contributed by atoms with Crippen molar-refractivity contribution >= 4 is 18.0 Å². The highest BCUT2D eigenvalue weighted by molar-refractivity contribution is 5.94. The van der Waals surface area contributed by atoms with Crippen LogP contribution < -0.4 is 0 Å². The molecule has 4 aliphatic carbocycles. The Morgan fingerprint density at radius 2 is 1.76 bits per heavy atom. The second-order valence-electron chi connectivity index (χ2n) is 12.9. The highest BCUT2D eigenvalue weighted by Gasteiger charge is 2.67. The molecule has 0 bridgehead atoms. The number of Topliss-reactive ketones (excluding diaryl/α,β-unsaturated/α-hetero) is 1. The van der Waals surface area contributed by atoms with Gasteiger partial charge in [0.2, 0.25) is 0 Å². The van der Waals surface area contributed by atoms with Crippen molar-refractivity contribution in [2.75, 3.05) is 34.9 Å². The summed E-state index contributed by atoms with van der Waals surface area (Å²) in [5, 5.41) is 0. The topological polar surface area (TPSA) is 97.4 Å². The molecule has 8 heteroatoms. The minimum atomic E-state index is -0.519. The lowest BCUT2D eigenvalue weighted by Gasteiger charge is -2.64. The third-order valence-electron chi connectivity index (χ3n) is 11.4. The van der Waals surface area contributed by atoms with E-state index >= 15 is 0 Å². The van der Waals surface area contributed by atoms with E-state index in [4.69, 9.17) is 23.7 Å². The normalized spacial score (nSPS) is 43.1. The van der Waals surface area contributed by atoms with Crippen LogP contribution >= 0.6 is 0 Å². The van der Waals surface area contributed by atoms with E-state index in [0.717, 1.165) is 38.4 Å². The Labute approximate surface area is 227 Å². The van der Waals surface area contributed by atoms with Crippen molar-refractivity contribution in [1.82, 2.24) is 0 Å². The molecule has 4 aliphatic rings. The molecule has 0 aromatic rings. The lowest BCUT2D eigenvalue weighted by molar-refractivity contribution is -0.244. The van der Waals surface area contributed by atoms with Crippen molar-refractivity contribution in [2.45, 2.75) is 84.3 Å². The Balaban J connectivity index is 1.71. The number of ketones is 1. The molecule has 0 aromatic carbocycles. The van der Waals surface area contributed by atoms with Crippen LogP contribution in [0.5, 0.6) is 0 Å². The van der Waals surface area contributed by atoms with Crippen LogP contribution in [0.2, 0.25) is 0 Å². The van der Waals surface area contributed by atoms with Crippen LogP contribution in [-0.4, -0.2) is 65.2 Å². The highest BCUT2D eigenvalue weighted by atomic mass is 16.7. The van der Waals surface area contributed by atoms with Gasteiger partial charge >= 0.3 is 5.97 Å². The van der Waals surface area contributed by atoms with Gasteiger partial charge in [-0.2, -0.15) is 0 Å². The van der Waals surface area contributed by atoms with Crippen LogP contribution in [0, 0.1) is 52.3 Å². The molecular formula is C30H48O8. The maximum Gasteiger partial charge on any atom is 0.305 e. The summed E-state index contributed by atoms with van der Waals surface area (Å²) >= 11 is 0. The number of fused-ring (bicyclic) bond motifs is 5. The van der Waals surface area contributed by atoms with Crippen molar-refractivity contribution in [1.29, 1.82) is 0 Å². The van der Waals surface area contributed by atoms with Crippen LogP contribution in [0.3, 0.4) is 0 Å². The van der Waals surface area contributed by atoms with Gasteiger partial charge in [-0.3, -0.25) is 9.59 Å². The van der Waals surface area contributed by atoms with E-state index in [1.54, 1.807) is 14.2 Å². The number of ether oxygens (including phenoxy) is 5. The summed E-state index contributed by atoms with van der Waals surface area (Å²) in [6.07, 6.45) is 6.91. The maximum atomic E-state index is 12.8. The summed E-state index contributed by atoms with van der Waals surface area (Å²) < 4.78 is 28.6. The zero-order chi connectivity index (χ0) is 27.7.